The van der Waals surface area contributed by atoms with Crippen molar-refractivity contribution in [1.82, 2.24) is 0 Å². The van der Waals surface area contributed by atoms with Crippen LogP contribution < -0.4 is 0 Å². The van der Waals surface area contributed by atoms with Gasteiger partial charge in [-0.3, -0.25) is 0 Å². The van der Waals surface area contributed by atoms with Gasteiger partial charge in [0.2, 0.25) is 0 Å². The molecule has 0 aliphatic rings. The van der Waals surface area contributed by atoms with Crippen LogP contribution in [0, 0.1) is 5.92 Å². The minimum Gasteiger partial charge on any atom is -0.459 e. The molecule has 6 heteroatoms. The number of ether oxygens (including phenoxy) is 1. The van der Waals surface area contributed by atoms with Gasteiger partial charge in [-0.15, -0.1) is 0 Å². The SMILES string of the molecule is CCc1ccc(C(=O)OC(C)CC(C)C)cc1S(=O)(=O)Cl. The van der Waals surface area contributed by atoms with Crippen LogP contribution >= 0.6 is 10.7 Å². The van der Waals surface area contributed by atoms with Crippen LogP contribution in [0.5, 0.6) is 0 Å². The smallest absolute Gasteiger partial charge is 0.338 e. The molecule has 0 heterocycles. The number of aryl methyl sites for hydroxylation is 1. The van der Waals surface area contributed by atoms with Gasteiger partial charge in [0.25, 0.3) is 9.05 Å². The fourth-order valence-corrected chi connectivity index (χ4v) is 3.39. The number of esters is 1. The third kappa shape index (κ3) is 5.32. The van der Waals surface area contributed by atoms with Crippen molar-refractivity contribution in [3.63, 3.8) is 0 Å². The quantitative estimate of drug-likeness (QED) is 0.587. The number of halogens is 1. The Labute approximate surface area is 130 Å². The van der Waals surface area contributed by atoms with E-state index in [9.17, 15) is 13.2 Å². The van der Waals surface area contributed by atoms with E-state index in [4.69, 9.17) is 15.4 Å². The van der Waals surface area contributed by atoms with Crippen LogP contribution in [0.1, 0.15) is 50.0 Å². The van der Waals surface area contributed by atoms with Crippen LogP contribution in [-0.2, 0) is 20.2 Å². The molecule has 0 N–H and O–H groups in total. The first-order valence-electron chi connectivity index (χ1n) is 6.93. The number of hydrogen-bond donors (Lipinski definition) is 0. The molecule has 0 spiro atoms. The summed E-state index contributed by atoms with van der Waals surface area (Å²) in [4.78, 5) is 12.0. The van der Waals surface area contributed by atoms with Crippen LogP contribution in [0.2, 0.25) is 0 Å². The molecule has 118 valence electrons. The second-order valence-corrected chi connectivity index (χ2v) is 7.99. The fourth-order valence-electron chi connectivity index (χ4n) is 2.16. The molecule has 1 rings (SSSR count). The lowest BCUT2D eigenvalue weighted by Gasteiger charge is -2.15. The molecule has 1 aromatic carbocycles. The third-order valence-electron chi connectivity index (χ3n) is 3.06. The van der Waals surface area contributed by atoms with Crippen molar-refractivity contribution in [3.05, 3.63) is 29.3 Å². The van der Waals surface area contributed by atoms with Gasteiger partial charge in [-0.25, -0.2) is 13.2 Å². The minimum atomic E-state index is -3.88. The van der Waals surface area contributed by atoms with Crippen molar-refractivity contribution < 1.29 is 17.9 Å². The third-order valence-corrected chi connectivity index (χ3v) is 4.46. The molecule has 0 saturated heterocycles. The summed E-state index contributed by atoms with van der Waals surface area (Å²) in [5.74, 6) is -0.124. The van der Waals surface area contributed by atoms with E-state index < -0.39 is 15.0 Å². The first kappa shape index (κ1) is 18.0. The maximum Gasteiger partial charge on any atom is 0.338 e. The molecule has 0 bridgehead atoms. The van der Waals surface area contributed by atoms with Gasteiger partial charge >= 0.3 is 5.97 Å². The van der Waals surface area contributed by atoms with Gasteiger partial charge in [-0.05, 0) is 43.4 Å². The molecule has 1 atom stereocenters. The van der Waals surface area contributed by atoms with E-state index in [1.54, 1.807) is 12.1 Å². The minimum absolute atomic E-state index is 0.0300. The van der Waals surface area contributed by atoms with Crippen LogP contribution in [0.25, 0.3) is 0 Å². The molecule has 0 fully saturated rings. The first-order chi connectivity index (χ1) is 9.65. The predicted octanol–water partition coefficient (Wildman–Crippen LogP) is 3.77. The van der Waals surface area contributed by atoms with E-state index >= 15 is 0 Å². The summed E-state index contributed by atoms with van der Waals surface area (Å²) in [5, 5.41) is 0. The lowest BCUT2D eigenvalue weighted by Crippen LogP contribution is -2.17. The average molecular weight is 333 g/mol. The highest BCUT2D eigenvalue weighted by Crippen LogP contribution is 2.23. The van der Waals surface area contributed by atoms with Crippen molar-refractivity contribution in [2.24, 2.45) is 5.92 Å². The molecule has 0 aliphatic carbocycles. The van der Waals surface area contributed by atoms with Crippen molar-refractivity contribution in [2.75, 3.05) is 0 Å². The average Bonchev–Trinajstić information content (AvgIpc) is 2.35. The van der Waals surface area contributed by atoms with Crippen molar-refractivity contribution >= 4 is 25.7 Å². The Morgan fingerprint density at radius 3 is 2.38 bits per heavy atom. The van der Waals surface area contributed by atoms with Gasteiger partial charge in [0.1, 0.15) is 0 Å². The van der Waals surface area contributed by atoms with Gasteiger partial charge in [-0.2, -0.15) is 0 Å². The van der Waals surface area contributed by atoms with Gasteiger partial charge in [-0.1, -0.05) is 26.8 Å². The van der Waals surface area contributed by atoms with Gasteiger partial charge in [0.05, 0.1) is 16.6 Å². The Morgan fingerprint density at radius 1 is 1.29 bits per heavy atom. The summed E-state index contributed by atoms with van der Waals surface area (Å²) in [6.45, 7) is 7.72. The van der Waals surface area contributed by atoms with Crippen LogP contribution in [0.3, 0.4) is 0 Å². The molecule has 1 unspecified atom stereocenters. The zero-order valence-corrected chi connectivity index (χ0v) is 14.3. The van der Waals surface area contributed by atoms with E-state index in [-0.39, 0.29) is 16.6 Å². The van der Waals surface area contributed by atoms with Crippen molar-refractivity contribution in [2.45, 2.75) is 51.5 Å². The summed E-state index contributed by atoms with van der Waals surface area (Å²) in [6.07, 6.45) is 1.04. The predicted molar refractivity (Wildman–Crippen MR) is 83.2 cm³/mol. The molecule has 0 aromatic heterocycles. The highest BCUT2D eigenvalue weighted by molar-refractivity contribution is 8.13. The Kier molecular flexibility index (Phi) is 6.23. The van der Waals surface area contributed by atoms with Crippen LogP contribution in [-0.4, -0.2) is 20.5 Å². The Bertz CT molecular complexity index is 608. The van der Waals surface area contributed by atoms with E-state index in [0.29, 0.717) is 17.9 Å². The normalized spacial score (nSPS) is 13.2. The van der Waals surface area contributed by atoms with Crippen LogP contribution in [0.15, 0.2) is 23.1 Å². The summed E-state index contributed by atoms with van der Waals surface area (Å²) >= 11 is 0. The van der Waals surface area contributed by atoms with Crippen molar-refractivity contribution in [3.8, 4) is 0 Å². The number of carbonyl (C=O) groups is 1. The maximum atomic E-state index is 12.1. The second-order valence-electron chi connectivity index (χ2n) is 5.46. The summed E-state index contributed by atoms with van der Waals surface area (Å²) < 4.78 is 28.4. The standard InChI is InChI=1S/C15H21ClO4S/c1-5-12-6-7-13(9-14(12)21(16,18)19)15(17)20-11(4)8-10(2)3/h6-7,9-11H,5,8H2,1-4H3. The number of hydrogen-bond acceptors (Lipinski definition) is 4. The zero-order chi connectivity index (χ0) is 16.2. The molecule has 0 radical (unpaired) electrons. The van der Waals surface area contributed by atoms with E-state index in [0.717, 1.165) is 6.42 Å². The Hall–Kier alpha value is -1.07. The molecular weight excluding hydrogens is 312 g/mol. The number of rotatable bonds is 6. The summed E-state index contributed by atoms with van der Waals surface area (Å²) in [7, 11) is 1.53. The Morgan fingerprint density at radius 2 is 1.90 bits per heavy atom. The molecule has 0 aliphatic heterocycles. The van der Waals surface area contributed by atoms with Crippen molar-refractivity contribution in [1.29, 1.82) is 0 Å². The number of benzene rings is 1. The van der Waals surface area contributed by atoms with Gasteiger partial charge in [0, 0.05) is 10.7 Å². The fraction of sp³-hybridized carbons (Fsp3) is 0.533. The summed E-state index contributed by atoms with van der Waals surface area (Å²) in [6, 6.07) is 4.44. The Balaban J connectivity index is 3.02. The highest BCUT2D eigenvalue weighted by Gasteiger charge is 2.19. The highest BCUT2D eigenvalue weighted by atomic mass is 35.7. The lowest BCUT2D eigenvalue weighted by molar-refractivity contribution is 0.0299. The van der Waals surface area contributed by atoms with Gasteiger partial charge < -0.3 is 4.74 Å². The van der Waals surface area contributed by atoms with E-state index in [2.05, 4.69) is 0 Å². The molecule has 0 amide bonds. The maximum absolute atomic E-state index is 12.1. The molecule has 21 heavy (non-hydrogen) atoms. The lowest BCUT2D eigenvalue weighted by atomic mass is 10.1. The molecule has 0 saturated carbocycles. The molecular formula is C15H21ClO4S. The topological polar surface area (TPSA) is 60.4 Å². The van der Waals surface area contributed by atoms with E-state index in [1.807, 2.05) is 27.7 Å². The summed E-state index contributed by atoms with van der Waals surface area (Å²) in [5.41, 5.74) is 0.777. The zero-order valence-electron chi connectivity index (χ0n) is 12.7. The van der Waals surface area contributed by atoms with Crippen LogP contribution in [0.4, 0.5) is 0 Å². The molecule has 4 nitrogen and oxygen atoms in total. The number of carbonyl (C=O) groups excluding carboxylic acids is 1. The first-order valence-corrected chi connectivity index (χ1v) is 9.24. The largest absolute Gasteiger partial charge is 0.459 e. The van der Waals surface area contributed by atoms with Gasteiger partial charge in [0.15, 0.2) is 0 Å². The second kappa shape index (κ2) is 7.27. The van der Waals surface area contributed by atoms with E-state index in [1.165, 1.54) is 6.07 Å². The monoisotopic (exact) mass is 332 g/mol. The molecule has 1 aromatic rings.